The van der Waals surface area contributed by atoms with Gasteiger partial charge in [-0.25, -0.2) is 4.98 Å². The second kappa shape index (κ2) is 8.88. The molecule has 1 aromatic carbocycles. The number of amides is 1. The number of aromatic nitrogens is 3. The monoisotopic (exact) mass is 470 g/mol. The van der Waals surface area contributed by atoms with Gasteiger partial charge in [-0.3, -0.25) is 4.79 Å². The van der Waals surface area contributed by atoms with E-state index < -0.39 is 24.4 Å². The maximum atomic E-state index is 13.2. The van der Waals surface area contributed by atoms with Crippen LogP contribution in [0.4, 0.5) is 13.2 Å². The van der Waals surface area contributed by atoms with E-state index in [0.717, 1.165) is 47.1 Å². The van der Waals surface area contributed by atoms with Crippen LogP contribution in [0.1, 0.15) is 34.1 Å². The maximum absolute atomic E-state index is 13.2. The second-order valence-corrected chi connectivity index (χ2v) is 8.55. The Kier molecular flexibility index (Phi) is 6.19. The molecule has 31 heavy (non-hydrogen) atoms. The van der Waals surface area contributed by atoms with Crippen LogP contribution in [-0.4, -0.2) is 27.3 Å². The van der Waals surface area contributed by atoms with Crippen LogP contribution >= 0.6 is 22.9 Å². The maximum Gasteiger partial charge on any atom is 0.435 e. The number of carbonyl (C=O) groups is 1. The van der Waals surface area contributed by atoms with Crippen LogP contribution in [0.3, 0.4) is 0 Å². The molecule has 1 aliphatic rings. The molecule has 2 heterocycles. The summed E-state index contributed by atoms with van der Waals surface area (Å²) < 4.78 is 45.8. The highest BCUT2D eigenvalue weighted by molar-refractivity contribution is 7.11. The predicted octanol–water partition coefficient (Wildman–Crippen LogP) is 4.58. The molecule has 11 heteroatoms. The third kappa shape index (κ3) is 5.01. The summed E-state index contributed by atoms with van der Waals surface area (Å²) >= 11 is 7.67. The molecule has 3 aromatic rings. The Balaban J connectivity index is 1.43. The molecule has 0 unspecified atom stereocenters. The standard InChI is InChI=1S/C20H18ClF3N4O2S/c21-12-5-1-3-7-14(12)28-19(9-16(27-28)20(22,23)24)30-11-17(29)25-10-18-26-13-6-2-4-8-15(13)31-18/h1,3,5,7,9H,2,4,6,8,10-11H2,(H,25,29). The highest BCUT2D eigenvalue weighted by atomic mass is 35.5. The molecular weight excluding hydrogens is 453 g/mol. The van der Waals surface area contributed by atoms with E-state index in [4.69, 9.17) is 16.3 Å². The molecule has 0 atom stereocenters. The molecule has 4 rings (SSSR count). The van der Waals surface area contributed by atoms with Crippen LogP contribution in [0.25, 0.3) is 5.69 Å². The topological polar surface area (TPSA) is 69.0 Å². The van der Waals surface area contributed by atoms with Gasteiger partial charge < -0.3 is 10.1 Å². The minimum atomic E-state index is -4.67. The van der Waals surface area contributed by atoms with Crippen LogP contribution in [0, 0.1) is 0 Å². The molecule has 1 amide bonds. The number of para-hydroxylation sites is 1. The Labute approximate surface area is 185 Å². The lowest BCUT2D eigenvalue weighted by atomic mass is 10.0. The summed E-state index contributed by atoms with van der Waals surface area (Å²) in [4.78, 5) is 18.0. The lowest BCUT2D eigenvalue weighted by Crippen LogP contribution is -2.28. The third-order valence-corrected chi connectivity index (χ3v) is 6.20. The number of aryl methyl sites for hydroxylation is 2. The van der Waals surface area contributed by atoms with Crippen molar-refractivity contribution >= 4 is 28.8 Å². The lowest BCUT2D eigenvalue weighted by molar-refractivity contribution is -0.141. The number of halogens is 4. The molecular formula is C20H18ClF3N4O2S. The molecule has 0 aliphatic heterocycles. The number of hydrogen-bond donors (Lipinski definition) is 1. The Morgan fingerprint density at radius 1 is 1.26 bits per heavy atom. The zero-order valence-corrected chi connectivity index (χ0v) is 17.8. The number of ether oxygens (including phenoxy) is 1. The molecule has 0 saturated carbocycles. The molecule has 0 spiro atoms. The van der Waals surface area contributed by atoms with E-state index in [1.54, 1.807) is 23.5 Å². The van der Waals surface area contributed by atoms with Crippen LogP contribution in [0.15, 0.2) is 30.3 Å². The first-order valence-corrected chi connectivity index (χ1v) is 10.8. The van der Waals surface area contributed by atoms with E-state index in [1.165, 1.54) is 17.0 Å². The predicted molar refractivity (Wildman–Crippen MR) is 110 cm³/mol. The zero-order chi connectivity index (χ0) is 22.0. The van der Waals surface area contributed by atoms with Crippen LogP contribution < -0.4 is 10.1 Å². The molecule has 0 bridgehead atoms. The van der Waals surface area contributed by atoms with Gasteiger partial charge in [-0.2, -0.15) is 23.0 Å². The number of hydrogen-bond acceptors (Lipinski definition) is 5. The number of thiazole rings is 1. The lowest BCUT2D eigenvalue weighted by Gasteiger charge is -2.10. The average Bonchev–Trinajstić information content (AvgIpc) is 3.35. The first-order chi connectivity index (χ1) is 14.8. The number of nitrogens with zero attached hydrogens (tertiary/aromatic N) is 3. The molecule has 0 saturated heterocycles. The number of alkyl halides is 3. The van der Waals surface area contributed by atoms with Crippen molar-refractivity contribution in [3.05, 3.63) is 56.6 Å². The van der Waals surface area contributed by atoms with E-state index in [2.05, 4.69) is 15.4 Å². The fourth-order valence-electron chi connectivity index (χ4n) is 3.25. The number of fused-ring (bicyclic) bond motifs is 1. The summed E-state index contributed by atoms with van der Waals surface area (Å²) in [5.74, 6) is -0.714. The van der Waals surface area contributed by atoms with E-state index in [9.17, 15) is 18.0 Å². The molecule has 1 N–H and O–H groups in total. The number of rotatable bonds is 6. The van der Waals surface area contributed by atoms with Gasteiger partial charge in [0, 0.05) is 10.9 Å². The Morgan fingerprint density at radius 3 is 2.77 bits per heavy atom. The number of benzene rings is 1. The molecule has 0 fully saturated rings. The van der Waals surface area contributed by atoms with Crippen molar-refractivity contribution in [1.82, 2.24) is 20.1 Å². The quantitative estimate of drug-likeness (QED) is 0.572. The van der Waals surface area contributed by atoms with Gasteiger partial charge in [0.1, 0.15) is 5.01 Å². The number of nitrogens with one attached hydrogen (secondary N) is 1. The highest BCUT2D eigenvalue weighted by Gasteiger charge is 2.36. The van der Waals surface area contributed by atoms with Crippen LogP contribution in [0.5, 0.6) is 5.88 Å². The fraction of sp³-hybridized carbons (Fsp3) is 0.350. The van der Waals surface area contributed by atoms with Gasteiger partial charge in [0.2, 0.25) is 5.88 Å². The van der Waals surface area contributed by atoms with E-state index >= 15 is 0 Å². The first kappa shape index (κ1) is 21.6. The molecule has 2 aromatic heterocycles. The summed E-state index contributed by atoms with van der Waals surface area (Å²) in [6.45, 7) is -0.226. The molecule has 164 valence electrons. The summed E-state index contributed by atoms with van der Waals surface area (Å²) in [6, 6.07) is 7.03. The minimum Gasteiger partial charge on any atom is -0.467 e. The second-order valence-electron chi connectivity index (χ2n) is 6.98. The van der Waals surface area contributed by atoms with Gasteiger partial charge in [-0.05, 0) is 37.8 Å². The molecule has 0 radical (unpaired) electrons. The van der Waals surface area contributed by atoms with Gasteiger partial charge in [0.05, 0.1) is 22.9 Å². The van der Waals surface area contributed by atoms with Crippen LogP contribution in [0.2, 0.25) is 5.02 Å². The van der Waals surface area contributed by atoms with Crippen molar-refractivity contribution in [2.24, 2.45) is 0 Å². The smallest absolute Gasteiger partial charge is 0.435 e. The van der Waals surface area contributed by atoms with E-state index in [1.807, 2.05) is 0 Å². The minimum absolute atomic E-state index is 0.196. The third-order valence-electron chi connectivity index (χ3n) is 4.73. The Bertz CT molecular complexity index is 1070. The van der Waals surface area contributed by atoms with Gasteiger partial charge >= 0.3 is 6.18 Å². The van der Waals surface area contributed by atoms with E-state index in [-0.39, 0.29) is 23.1 Å². The molecule has 6 nitrogen and oxygen atoms in total. The summed E-state index contributed by atoms with van der Waals surface area (Å²) in [6.07, 6.45) is -0.436. The van der Waals surface area contributed by atoms with Crippen LogP contribution in [-0.2, 0) is 30.4 Å². The summed E-state index contributed by atoms with van der Waals surface area (Å²) in [5, 5.41) is 7.26. The Hall–Kier alpha value is -2.59. The van der Waals surface area contributed by atoms with Crippen molar-refractivity contribution < 1.29 is 22.7 Å². The average molecular weight is 471 g/mol. The Morgan fingerprint density at radius 2 is 2.03 bits per heavy atom. The van der Waals surface area contributed by atoms with Gasteiger partial charge in [-0.1, -0.05) is 23.7 Å². The normalized spacial score (nSPS) is 13.7. The van der Waals surface area contributed by atoms with Crippen molar-refractivity contribution in [1.29, 1.82) is 0 Å². The summed E-state index contributed by atoms with van der Waals surface area (Å²) in [7, 11) is 0. The molecule has 1 aliphatic carbocycles. The number of carbonyl (C=O) groups excluding carboxylic acids is 1. The van der Waals surface area contributed by atoms with Gasteiger partial charge in [-0.15, -0.1) is 11.3 Å². The zero-order valence-electron chi connectivity index (χ0n) is 16.2. The van der Waals surface area contributed by atoms with Crippen molar-refractivity contribution in [3.63, 3.8) is 0 Å². The summed E-state index contributed by atoms with van der Waals surface area (Å²) in [5.41, 5.74) is 0.166. The highest BCUT2D eigenvalue weighted by Crippen LogP contribution is 2.33. The van der Waals surface area contributed by atoms with Crippen molar-refractivity contribution in [3.8, 4) is 11.6 Å². The fourth-order valence-corrected chi connectivity index (χ4v) is 4.56. The van der Waals surface area contributed by atoms with Crippen molar-refractivity contribution in [2.45, 2.75) is 38.4 Å². The largest absolute Gasteiger partial charge is 0.467 e. The van der Waals surface area contributed by atoms with Crippen molar-refractivity contribution in [2.75, 3.05) is 6.61 Å². The SMILES string of the molecule is O=C(COc1cc(C(F)(F)F)nn1-c1ccccc1Cl)NCc1nc2c(s1)CCCC2. The van der Waals surface area contributed by atoms with E-state index in [0.29, 0.717) is 0 Å². The van der Waals surface area contributed by atoms with Gasteiger partial charge in [0.15, 0.2) is 12.3 Å². The first-order valence-electron chi connectivity index (χ1n) is 9.60. The van der Waals surface area contributed by atoms with Gasteiger partial charge in [0.25, 0.3) is 5.91 Å².